The number of halogens is 2. The Morgan fingerprint density at radius 1 is 1.44 bits per heavy atom. The molecular formula is C11H12F2N2O. The van der Waals surface area contributed by atoms with Gasteiger partial charge in [0.15, 0.2) is 0 Å². The third-order valence-electron chi connectivity index (χ3n) is 2.60. The maximum atomic E-state index is 13.2. The summed E-state index contributed by atoms with van der Waals surface area (Å²) in [6.07, 6.45) is 0.676. The van der Waals surface area contributed by atoms with Crippen LogP contribution in [-0.4, -0.2) is 18.5 Å². The largest absolute Gasteiger partial charge is 0.355 e. The fourth-order valence-electron chi connectivity index (χ4n) is 1.70. The highest BCUT2D eigenvalue weighted by molar-refractivity contribution is 5.83. The molecule has 1 aromatic carbocycles. The Kier molecular flexibility index (Phi) is 3.14. The second-order valence-electron chi connectivity index (χ2n) is 3.75. The second kappa shape index (κ2) is 4.57. The van der Waals surface area contributed by atoms with Gasteiger partial charge < -0.3 is 10.6 Å². The van der Waals surface area contributed by atoms with Crippen molar-refractivity contribution in [2.45, 2.75) is 19.0 Å². The van der Waals surface area contributed by atoms with Gasteiger partial charge in [-0.2, -0.15) is 0 Å². The molecular weight excluding hydrogens is 214 g/mol. The molecule has 0 saturated carbocycles. The second-order valence-corrected chi connectivity index (χ2v) is 3.75. The molecule has 1 aliphatic heterocycles. The molecule has 0 bridgehead atoms. The van der Waals surface area contributed by atoms with Gasteiger partial charge in [-0.25, -0.2) is 8.78 Å². The van der Waals surface area contributed by atoms with Gasteiger partial charge in [-0.15, -0.1) is 0 Å². The van der Waals surface area contributed by atoms with Crippen LogP contribution in [0.1, 0.15) is 12.0 Å². The number of nitrogens with one attached hydrogen (secondary N) is 2. The molecule has 2 rings (SSSR count). The zero-order chi connectivity index (χ0) is 11.5. The quantitative estimate of drug-likeness (QED) is 0.805. The Labute approximate surface area is 91.8 Å². The van der Waals surface area contributed by atoms with E-state index in [-0.39, 0.29) is 24.1 Å². The summed E-state index contributed by atoms with van der Waals surface area (Å²) in [6, 6.07) is 2.99. The Balaban J connectivity index is 1.98. The summed E-state index contributed by atoms with van der Waals surface area (Å²) >= 11 is 0. The highest BCUT2D eigenvalue weighted by Gasteiger charge is 2.23. The minimum Gasteiger partial charge on any atom is -0.355 e. The first-order valence-electron chi connectivity index (χ1n) is 5.12. The number of carbonyl (C=O) groups is 1. The number of amides is 1. The summed E-state index contributed by atoms with van der Waals surface area (Å²) in [5.41, 5.74) is 0.236. The van der Waals surface area contributed by atoms with E-state index in [0.717, 1.165) is 18.2 Å². The van der Waals surface area contributed by atoms with Crippen LogP contribution in [0, 0.1) is 11.6 Å². The fourth-order valence-corrected chi connectivity index (χ4v) is 1.70. The molecule has 0 aromatic heterocycles. The number of hydrogen-bond donors (Lipinski definition) is 2. The monoisotopic (exact) mass is 226 g/mol. The summed E-state index contributed by atoms with van der Waals surface area (Å²) < 4.78 is 26.1. The Morgan fingerprint density at radius 2 is 2.25 bits per heavy atom. The normalized spacial score (nSPS) is 19.9. The van der Waals surface area contributed by atoms with E-state index in [9.17, 15) is 13.6 Å². The molecule has 0 radical (unpaired) electrons. The van der Waals surface area contributed by atoms with Gasteiger partial charge in [0.2, 0.25) is 5.91 Å². The highest BCUT2D eigenvalue weighted by Crippen LogP contribution is 2.10. The molecule has 1 saturated heterocycles. The van der Waals surface area contributed by atoms with Gasteiger partial charge in [0.25, 0.3) is 0 Å². The van der Waals surface area contributed by atoms with Crippen LogP contribution in [0.5, 0.6) is 0 Å². The Bertz CT molecular complexity index is 409. The van der Waals surface area contributed by atoms with E-state index in [1.54, 1.807) is 0 Å². The van der Waals surface area contributed by atoms with Crippen LogP contribution in [0.3, 0.4) is 0 Å². The minimum atomic E-state index is -0.478. The lowest BCUT2D eigenvalue weighted by Gasteiger charge is -2.10. The lowest BCUT2D eigenvalue weighted by Crippen LogP contribution is -2.35. The van der Waals surface area contributed by atoms with Crippen molar-refractivity contribution >= 4 is 5.91 Å². The van der Waals surface area contributed by atoms with Gasteiger partial charge in [0, 0.05) is 18.7 Å². The van der Waals surface area contributed by atoms with Crippen molar-refractivity contribution in [1.29, 1.82) is 0 Å². The van der Waals surface area contributed by atoms with Crippen LogP contribution < -0.4 is 10.6 Å². The summed E-state index contributed by atoms with van der Waals surface area (Å²) in [4.78, 5) is 11.2. The molecule has 1 heterocycles. The van der Waals surface area contributed by atoms with E-state index in [4.69, 9.17) is 0 Å². The maximum Gasteiger partial charge on any atom is 0.237 e. The van der Waals surface area contributed by atoms with Gasteiger partial charge >= 0.3 is 0 Å². The van der Waals surface area contributed by atoms with Crippen molar-refractivity contribution in [2.75, 3.05) is 6.54 Å². The van der Waals surface area contributed by atoms with E-state index in [1.165, 1.54) is 0 Å². The zero-order valence-corrected chi connectivity index (χ0v) is 8.59. The number of carbonyl (C=O) groups excluding carboxylic acids is 1. The molecule has 1 amide bonds. The molecule has 0 spiro atoms. The SMILES string of the molecule is O=C1NCCC1NCc1cc(F)ccc1F. The van der Waals surface area contributed by atoms with Gasteiger partial charge in [-0.1, -0.05) is 0 Å². The van der Waals surface area contributed by atoms with E-state index in [1.807, 2.05) is 0 Å². The van der Waals surface area contributed by atoms with Crippen LogP contribution >= 0.6 is 0 Å². The molecule has 86 valence electrons. The predicted octanol–water partition coefficient (Wildman–Crippen LogP) is 0.943. The average Bonchev–Trinajstić information content (AvgIpc) is 2.66. The van der Waals surface area contributed by atoms with Crippen molar-refractivity contribution in [3.8, 4) is 0 Å². The first kappa shape index (κ1) is 11.0. The summed E-state index contributed by atoms with van der Waals surface area (Å²) in [6.45, 7) is 0.782. The topological polar surface area (TPSA) is 41.1 Å². The molecule has 5 heteroatoms. The van der Waals surface area contributed by atoms with Gasteiger partial charge in [0.05, 0.1) is 6.04 Å². The molecule has 1 unspecified atom stereocenters. The maximum absolute atomic E-state index is 13.2. The summed E-state index contributed by atoms with van der Waals surface area (Å²) in [7, 11) is 0. The molecule has 1 aromatic rings. The van der Waals surface area contributed by atoms with Crippen LogP contribution in [0.4, 0.5) is 8.78 Å². The van der Waals surface area contributed by atoms with Crippen LogP contribution in [0.15, 0.2) is 18.2 Å². The Morgan fingerprint density at radius 3 is 2.94 bits per heavy atom. The Hall–Kier alpha value is -1.49. The van der Waals surface area contributed by atoms with Gasteiger partial charge in [-0.05, 0) is 24.6 Å². The summed E-state index contributed by atoms with van der Waals surface area (Å²) in [5, 5.41) is 5.56. The smallest absolute Gasteiger partial charge is 0.237 e. The van der Waals surface area contributed by atoms with E-state index >= 15 is 0 Å². The standard InChI is InChI=1S/C11H12F2N2O/c12-8-1-2-9(13)7(5-8)6-15-10-3-4-14-11(10)16/h1-2,5,10,15H,3-4,6H2,(H,14,16). The first-order chi connectivity index (χ1) is 7.66. The van der Waals surface area contributed by atoms with Crippen LogP contribution in [-0.2, 0) is 11.3 Å². The van der Waals surface area contributed by atoms with Gasteiger partial charge in [-0.3, -0.25) is 4.79 Å². The summed E-state index contributed by atoms with van der Waals surface area (Å²) in [5.74, 6) is -1.03. The van der Waals surface area contributed by atoms with E-state index in [2.05, 4.69) is 10.6 Å². The zero-order valence-electron chi connectivity index (χ0n) is 8.59. The third kappa shape index (κ3) is 2.36. The number of rotatable bonds is 3. The molecule has 1 atom stereocenters. The lowest BCUT2D eigenvalue weighted by atomic mass is 10.2. The predicted molar refractivity (Wildman–Crippen MR) is 54.6 cm³/mol. The minimum absolute atomic E-state index is 0.0863. The highest BCUT2D eigenvalue weighted by atomic mass is 19.1. The van der Waals surface area contributed by atoms with Crippen molar-refractivity contribution in [2.24, 2.45) is 0 Å². The molecule has 2 N–H and O–H groups in total. The molecule has 3 nitrogen and oxygen atoms in total. The molecule has 16 heavy (non-hydrogen) atoms. The number of benzene rings is 1. The third-order valence-corrected chi connectivity index (χ3v) is 2.60. The molecule has 0 aliphatic carbocycles. The van der Waals surface area contributed by atoms with Gasteiger partial charge in [0.1, 0.15) is 11.6 Å². The van der Waals surface area contributed by atoms with Crippen LogP contribution in [0.2, 0.25) is 0 Å². The number of hydrogen-bond acceptors (Lipinski definition) is 2. The van der Waals surface area contributed by atoms with Crippen molar-refractivity contribution in [3.63, 3.8) is 0 Å². The lowest BCUT2D eigenvalue weighted by molar-refractivity contribution is -0.120. The first-order valence-corrected chi connectivity index (χ1v) is 5.12. The van der Waals surface area contributed by atoms with E-state index < -0.39 is 11.6 Å². The average molecular weight is 226 g/mol. The fraction of sp³-hybridized carbons (Fsp3) is 0.364. The molecule has 1 fully saturated rings. The van der Waals surface area contributed by atoms with Crippen molar-refractivity contribution in [3.05, 3.63) is 35.4 Å². The van der Waals surface area contributed by atoms with E-state index in [0.29, 0.717) is 13.0 Å². The van der Waals surface area contributed by atoms with Crippen molar-refractivity contribution < 1.29 is 13.6 Å². The van der Waals surface area contributed by atoms with Crippen molar-refractivity contribution in [1.82, 2.24) is 10.6 Å². The van der Waals surface area contributed by atoms with Crippen LogP contribution in [0.25, 0.3) is 0 Å². The molecule has 1 aliphatic rings.